The second-order valence-electron chi connectivity index (χ2n) is 6.19. The summed E-state index contributed by atoms with van der Waals surface area (Å²) in [4.78, 5) is 6.56. The van der Waals surface area contributed by atoms with E-state index >= 15 is 0 Å². The summed E-state index contributed by atoms with van der Waals surface area (Å²) in [6, 6.07) is 1.43. The van der Waals surface area contributed by atoms with Gasteiger partial charge in [-0.1, -0.05) is 20.8 Å². The van der Waals surface area contributed by atoms with Crippen molar-refractivity contribution in [1.82, 2.24) is 10.3 Å². The van der Waals surface area contributed by atoms with Crippen molar-refractivity contribution in [3.63, 3.8) is 0 Å². The highest BCUT2D eigenvalue weighted by molar-refractivity contribution is 5.25. The SMILES string of the molecule is CN(CC(C)(C)C)c1nc(CNC2CC2)co1. The first-order valence-electron chi connectivity index (χ1n) is 6.33. The molecule has 1 aromatic heterocycles. The molecule has 2 rings (SSSR count). The lowest BCUT2D eigenvalue weighted by molar-refractivity contribution is 0.403. The highest BCUT2D eigenvalue weighted by atomic mass is 16.4. The number of hydrogen-bond acceptors (Lipinski definition) is 4. The van der Waals surface area contributed by atoms with Gasteiger partial charge in [0.15, 0.2) is 0 Å². The van der Waals surface area contributed by atoms with Crippen LogP contribution in [0.2, 0.25) is 0 Å². The lowest BCUT2D eigenvalue weighted by Gasteiger charge is -2.25. The van der Waals surface area contributed by atoms with E-state index in [2.05, 4.69) is 36.0 Å². The first-order valence-corrected chi connectivity index (χ1v) is 6.33. The molecule has 17 heavy (non-hydrogen) atoms. The molecule has 0 atom stereocenters. The average Bonchev–Trinajstić information content (AvgIpc) is 2.90. The van der Waals surface area contributed by atoms with Crippen molar-refractivity contribution >= 4 is 6.01 Å². The van der Waals surface area contributed by atoms with Crippen LogP contribution in [0.5, 0.6) is 0 Å². The van der Waals surface area contributed by atoms with E-state index in [1.54, 1.807) is 6.26 Å². The molecule has 0 spiro atoms. The minimum absolute atomic E-state index is 0.246. The van der Waals surface area contributed by atoms with Gasteiger partial charge in [-0.15, -0.1) is 0 Å². The number of aromatic nitrogens is 1. The zero-order chi connectivity index (χ0) is 12.5. The van der Waals surface area contributed by atoms with Crippen molar-refractivity contribution in [3.8, 4) is 0 Å². The van der Waals surface area contributed by atoms with Crippen LogP contribution in [0, 0.1) is 5.41 Å². The third-order valence-corrected chi connectivity index (χ3v) is 2.73. The molecular formula is C13H23N3O. The Kier molecular flexibility index (Phi) is 3.43. The summed E-state index contributed by atoms with van der Waals surface area (Å²) in [5.74, 6) is 0. The number of nitrogens with zero attached hydrogens (tertiary/aromatic N) is 2. The Labute approximate surface area is 103 Å². The minimum Gasteiger partial charge on any atom is -0.432 e. The zero-order valence-corrected chi connectivity index (χ0v) is 11.3. The molecule has 4 nitrogen and oxygen atoms in total. The van der Waals surface area contributed by atoms with Crippen LogP contribution in [0.4, 0.5) is 6.01 Å². The first-order chi connectivity index (χ1) is 7.94. The summed E-state index contributed by atoms with van der Waals surface area (Å²) in [5.41, 5.74) is 1.24. The van der Waals surface area contributed by atoms with Crippen molar-refractivity contribution in [3.05, 3.63) is 12.0 Å². The van der Waals surface area contributed by atoms with Crippen LogP contribution in [0.1, 0.15) is 39.3 Å². The molecule has 0 amide bonds. The molecule has 0 unspecified atom stereocenters. The third kappa shape index (κ3) is 4.04. The highest BCUT2D eigenvalue weighted by Crippen LogP contribution is 2.21. The van der Waals surface area contributed by atoms with Crippen LogP contribution < -0.4 is 10.2 Å². The van der Waals surface area contributed by atoms with E-state index in [4.69, 9.17) is 4.42 Å². The molecule has 1 fully saturated rings. The molecule has 1 N–H and O–H groups in total. The zero-order valence-electron chi connectivity index (χ0n) is 11.3. The van der Waals surface area contributed by atoms with Gasteiger partial charge in [-0.2, -0.15) is 4.98 Å². The lowest BCUT2D eigenvalue weighted by atomic mass is 9.96. The maximum atomic E-state index is 5.50. The highest BCUT2D eigenvalue weighted by Gasteiger charge is 2.21. The molecule has 1 aromatic rings. The van der Waals surface area contributed by atoms with Gasteiger partial charge in [0.25, 0.3) is 6.01 Å². The van der Waals surface area contributed by atoms with E-state index in [9.17, 15) is 0 Å². The molecule has 0 radical (unpaired) electrons. The third-order valence-electron chi connectivity index (χ3n) is 2.73. The van der Waals surface area contributed by atoms with Crippen molar-refractivity contribution in [2.45, 2.75) is 46.2 Å². The summed E-state index contributed by atoms with van der Waals surface area (Å²) in [6.45, 7) is 8.38. The Morgan fingerprint density at radius 2 is 2.18 bits per heavy atom. The molecule has 0 saturated heterocycles. The number of anilines is 1. The van der Waals surface area contributed by atoms with E-state index in [0.717, 1.165) is 18.8 Å². The van der Waals surface area contributed by atoms with Crippen LogP contribution >= 0.6 is 0 Å². The topological polar surface area (TPSA) is 41.3 Å². The normalized spacial score (nSPS) is 16.2. The van der Waals surface area contributed by atoms with Crippen molar-refractivity contribution in [1.29, 1.82) is 0 Å². The van der Waals surface area contributed by atoms with Crippen LogP contribution in [0.15, 0.2) is 10.7 Å². The predicted molar refractivity (Wildman–Crippen MR) is 69.1 cm³/mol. The quantitative estimate of drug-likeness (QED) is 0.854. The van der Waals surface area contributed by atoms with Gasteiger partial charge in [0.05, 0.1) is 5.69 Å². The van der Waals surface area contributed by atoms with Gasteiger partial charge in [0, 0.05) is 26.2 Å². The average molecular weight is 237 g/mol. The van der Waals surface area contributed by atoms with Crippen molar-refractivity contribution in [2.24, 2.45) is 5.41 Å². The molecule has 0 aromatic carbocycles. The molecule has 1 aliphatic carbocycles. The number of nitrogens with one attached hydrogen (secondary N) is 1. The fourth-order valence-corrected chi connectivity index (χ4v) is 1.87. The number of oxazole rings is 1. The van der Waals surface area contributed by atoms with Gasteiger partial charge in [0.2, 0.25) is 0 Å². The Hall–Kier alpha value is -1.03. The first kappa shape index (κ1) is 12.4. The molecule has 4 heteroatoms. The minimum atomic E-state index is 0.246. The molecular weight excluding hydrogens is 214 g/mol. The van der Waals surface area contributed by atoms with E-state index < -0.39 is 0 Å². The van der Waals surface area contributed by atoms with E-state index in [0.29, 0.717) is 12.1 Å². The fourth-order valence-electron chi connectivity index (χ4n) is 1.87. The van der Waals surface area contributed by atoms with Crippen LogP contribution in [0.25, 0.3) is 0 Å². The number of rotatable bonds is 5. The molecule has 1 aliphatic rings. The monoisotopic (exact) mass is 237 g/mol. The molecule has 0 aliphatic heterocycles. The second kappa shape index (κ2) is 4.69. The Bertz CT molecular complexity index is 363. The summed E-state index contributed by atoms with van der Waals surface area (Å²) < 4.78 is 5.50. The number of hydrogen-bond donors (Lipinski definition) is 1. The molecule has 0 bridgehead atoms. The van der Waals surface area contributed by atoms with Crippen LogP contribution in [-0.2, 0) is 6.54 Å². The summed E-state index contributed by atoms with van der Waals surface area (Å²) in [7, 11) is 2.02. The largest absolute Gasteiger partial charge is 0.432 e. The van der Waals surface area contributed by atoms with Crippen LogP contribution in [0.3, 0.4) is 0 Å². The fraction of sp³-hybridized carbons (Fsp3) is 0.769. The van der Waals surface area contributed by atoms with Gasteiger partial charge in [0.1, 0.15) is 6.26 Å². The maximum absolute atomic E-state index is 5.50. The van der Waals surface area contributed by atoms with E-state index in [1.165, 1.54) is 12.8 Å². The smallest absolute Gasteiger partial charge is 0.297 e. The van der Waals surface area contributed by atoms with Gasteiger partial charge < -0.3 is 14.6 Å². The molecule has 96 valence electrons. The Morgan fingerprint density at radius 3 is 2.76 bits per heavy atom. The standard InChI is InChI=1S/C13H23N3O/c1-13(2,3)9-16(4)12-15-11(8-17-12)7-14-10-5-6-10/h8,10,14H,5-7,9H2,1-4H3. The molecule has 1 saturated carbocycles. The van der Waals surface area contributed by atoms with E-state index in [-0.39, 0.29) is 5.41 Å². The Balaban J connectivity index is 1.87. The summed E-state index contributed by atoms with van der Waals surface area (Å²) in [6.07, 6.45) is 4.35. The maximum Gasteiger partial charge on any atom is 0.297 e. The van der Waals surface area contributed by atoms with Crippen LogP contribution in [-0.4, -0.2) is 24.6 Å². The van der Waals surface area contributed by atoms with Gasteiger partial charge in [-0.25, -0.2) is 0 Å². The van der Waals surface area contributed by atoms with Gasteiger partial charge >= 0.3 is 0 Å². The summed E-state index contributed by atoms with van der Waals surface area (Å²) in [5, 5.41) is 3.43. The van der Waals surface area contributed by atoms with Crippen molar-refractivity contribution in [2.75, 3.05) is 18.5 Å². The summed E-state index contributed by atoms with van der Waals surface area (Å²) >= 11 is 0. The van der Waals surface area contributed by atoms with Gasteiger partial charge in [-0.3, -0.25) is 0 Å². The van der Waals surface area contributed by atoms with E-state index in [1.807, 2.05) is 7.05 Å². The lowest BCUT2D eigenvalue weighted by Crippen LogP contribution is -2.29. The predicted octanol–water partition coefficient (Wildman–Crippen LogP) is 2.41. The second-order valence-corrected chi connectivity index (χ2v) is 6.19. The van der Waals surface area contributed by atoms with Crippen molar-refractivity contribution < 1.29 is 4.42 Å². The Morgan fingerprint density at radius 1 is 1.47 bits per heavy atom. The molecule has 1 heterocycles. The van der Waals surface area contributed by atoms with Gasteiger partial charge in [-0.05, 0) is 18.3 Å².